The fraction of sp³-hybridized carbons (Fsp3) is 0. The van der Waals surface area contributed by atoms with Crippen molar-refractivity contribution < 1.29 is 4.79 Å². The van der Waals surface area contributed by atoms with Crippen LogP contribution in [0.1, 0.15) is 15.9 Å². The highest BCUT2D eigenvalue weighted by Gasteiger charge is 2.09. The molecule has 4 rings (SSSR count). The molecule has 4 aromatic rings. The predicted octanol–water partition coefficient (Wildman–Crippen LogP) is 5.31. The number of hydrogen-bond acceptors (Lipinski definition) is 3. The fourth-order valence-electron chi connectivity index (χ4n) is 2.79. The molecule has 120 valence electrons. The standard InChI is InChI=1S/C22H14O2S/c23-19(12-10-15-6-2-1-3-7-15)16-11-13-21-18(14-16)22(24)17-8-4-5-9-20(17)25-21/h1-14H/b12-10+. The largest absolute Gasteiger partial charge is 0.289 e. The van der Waals surface area contributed by atoms with Crippen LogP contribution in [0, 0.1) is 0 Å². The van der Waals surface area contributed by atoms with E-state index in [1.54, 1.807) is 35.6 Å². The van der Waals surface area contributed by atoms with Crippen molar-refractivity contribution in [3.63, 3.8) is 0 Å². The summed E-state index contributed by atoms with van der Waals surface area (Å²) < 4.78 is 1.86. The molecule has 25 heavy (non-hydrogen) atoms. The molecule has 0 atom stereocenters. The second kappa shape index (κ2) is 6.46. The van der Waals surface area contributed by atoms with E-state index in [-0.39, 0.29) is 11.2 Å². The van der Waals surface area contributed by atoms with Gasteiger partial charge in [-0.3, -0.25) is 9.59 Å². The molecule has 3 heteroatoms. The summed E-state index contributed by atoms with van der Waals surface area (Å²) in [7, 11) is 0. The topological polar surface area (TPSA) is 34.1 Å². The van der Waals surface area contributed by atoms with Gasteiger partial charge >= 0.3 is 0 Å². The van der Waals surface area contributed by atoms with Gasteiger partial charge in [0.25, 0.3) is 0 Å². The van der Waals surface area contributed by atoms with Gasteiger partial charge in [0.1, 0.15) is 0 Å². The lowest BCUT2D eigenvalue weighted by Gasteiger charge is -2.02. The fourth-order valence-corrected chi connectivity index (χ4v) is 3.84. The number of benzene rings is 3. The lowest BCUT2D eigenvalue weighted by Crippen LogP contribution is -2.03. The van der Waals surface area contributed by atoms with Crippen LogP contribution in [-0.2, 0) is 0 Å². The number of allylic oxidation sites excluding steroid dienone is 1. The Kier molecular flexibility index (Phi) is 4.00. The highest BCUT2D eigenvalue weighted by Crippen LogP contribution is 2.25. The van der Waals surface area contributed by atoms with Crippen LogP contribution >= 0.6 is 11.3 Å². The molecule has 0 fully saturated rings. The third-order valence-electron chi connectivity index (χ3n) is 4.09. The number of fused-ring (bicyclic) bond motifs is 2. The first-order chi connectivity index (χ1) is 12.2. The first-order valence-corrected chi connectivity index (χ1v) is 8.77. The van der Waals surface area contributed by atoms with Crippen LogP contribution in [0.15, 0.2) is 83.7 Å². The molecule has 3 aromatic carbocycles. The Balaban J connectivity index is 1.77. The van der Waals surface area contributed by atoms with Gasteiger partial charge in [-0.2, -0.15) is 0 Å². The Bertz CT molecular complexity index is 1170. The second-order valence-corrected chi connectivity index (χ2v) is 6.83. The van der Waals surface area contributed by atoms with E-state index in [1.807, 2.05) is 60.7 Å². The third-order valence-corrected chi connectivity index (χ3v) is 5.24. The summed E-state index contributed by atoms with van der Waals surface area (Å²) in [5.41, 5.74) is 1.47. The smallest absolute Gasteiger partial charge is 0.195 e. The molecule has 0 aliphatic rings. The minimum absolute atomic E-state index is 0.0222. The van der Waals surface area contributed by atoms with E-state index in [4.69, 9.17) is 0 Å². The lowest BCUT2D eigenvalue weighted by atomic mass is 10.1. The third kappa shape index (κ3) is 3.02. The molecule has 0 aliphatic heterocycles. The van der Waals surface area contributed by atoms with E-state index in [0.29, 0.717) is 16.3 Å². The van der Waals surface area contributed by atoms with Gasteiger partial charge in [-0.15, -0.1) is 11.3 Å². The highest BCUT2D eigenvalue weighted by molar-refractivity contribution is 7.24. The van der Waals surface area contributed by atoms with E-state index >= 15 is 0 Å². The van der Waals surface area contributed by atoms with Crippen molar-refractivity contribution in [1.82, 2.24) is 0 Å². The van der Waals surface area contributed by atoms with Crippen molar-refractivity contribution in [3.8, 4) is 0 Å². The van der Waals surface area contributed by atoms with Crippen molar-refractivity contribution >= 4 is 43.4 Å². The summed E-state index contributed by atoms with van der Waals surface area (Å²) >= 11 is 1.57. The normalized spacial score (nSPS) is 11.4. The highest BCUT2D eigenvalue weighted by atomic mass is 32.1. The quantitative estimate of drug-likeness (QED) is 0.287. The molecule has 2 nitrogen and oxygen atoms in total. The Morgan fingerprint density at radius 1 is 0.800 bits per heavy atom. The van der Waals surface area contributed by atoms with Crippen LogP contribution in [0.3, 0.4) is 0 Å². The number of rotatable bonds is 3. The summed E-state index contributed by atoms with van der Waals surface area (Å²) in [5.74, 6) is -0.108. The van der Waals surface area contributed by atoms with Crippen molar-refractivity contribution in [3.05, 3.63) is 100 Å². The summed E-state index contributed by atoms with van der Waals surface area (Å²) in [4.78, 5) is 25.2. The molecule has 0 unspecified atom stereocenters. The average Bonchev–Trinajstić information content (AvgIpc) is 2.67. The van der Waals surface area contributed by atoms with Gasteiger partial charge in [0.05, 0.1) is 0 Å². The monoisotopic (exact) mass is 342 g/mol. The van der Waals surface area contributed by atoms with Crippen molar-refractivity contribution in [2.24, 2.45) is 0 Å². The Hall–Kier alpha value is -3.04. The van der Waals surface area contributed by atoms with Crippen LogP contribution in [0.4, 0.5) is 0 Å². The zero-order chi connectivity index (χ0) is 17.2. The predicted molar refractivity (Wildman–Crippen MR) is 105 cm³/mol. The second-order valence-electron chi connectivity index (χ2n) is 5.75. The molecule has 1 heterocycles. The van der Waals surface area contributed by atoms with Crippen LogP contribution in [0.25, 0.3) is 26.2 Å². The average molecular weight is 342 g/mol. The number of ketones is 1. The van der Waals surface area contributed by atoms with Crippen molar-refractivity contribution in [1.29, 1.82) is 0 Å². The van der Waals surface area contributed by atoms with Crippen molar-refractivity contribution in [2.45, 2.75) is 0 Å². The summed E-state index contributed by atoms with van der Waals surface area (Å²) in [6, 6.07) is 22.6. The zero-order valence-electron chi connectivity index (χ0n) is 13.3. The zero-order valence-corrected chi connectivity index (χ0v) is 14.1. The molecule has 0 spiro atoms. The minimum Gasteiger partial charge on any atom is -0.289 e. The van der Waals surface area contributed by atoms with E-state index in [9.17, 15) is 9.59 Å². The maximum absolute atomic E-state index is 12.7. The number of carbonyl (C=O) groups is 1. The molecule has 1 aromatic heterocycles. The van der Waals surface area contributed by atoms with Crippen LogP contribution in [-0.4, -0.2) is 5.78 Å². The first-order valence-electron chi connectivity index (χ1n) is 7.95. The Labute approximate surface area is 148 Å². The van der Waals surface area contributed by atoms with Gasteiger partial charge in [0.15, 0.2) is 11.2 Å². The summed E-state index contributed by atoms with van der Waals surface area (Å²) in [6.07, 6.45) is 3.33. The van der Waals surface area contributed by atoms with E-state index < -0.39 is 0 Å². The Morgan fingerprint density at radius 3 is 2.36 bits per heavy atom. The van der Waals surface area contributed by atoms with Crippen molar-refractivity contribution in [2.75, 3.05) is 0 Å². The number of hydrogen-bond donors (Lipinski definition) is 0. The maximum Gasteiger partial charge on any atom is 0.195 e. The molecular weight excluding hydrogens is 328 g/mol. The Morgan fingerprint density at radius 2 is 1.52 bits per heavy atom. The van der Waals surface area contributed by atoms with Gasteiger partial charge in [0.2, 0.25) is 0 Å². The van der Waals surface area contributed by atoms with Crippen LogP contribution in [0.2, 0.25) is 0 Å². The van der Waals surface area contributed by atoms with Gasteiger partial charge in [-0.05, 0) is 42.0 Å². The summed E-state index contributed by atoms with van der Waals surface area (Å²) in [6.45, 7) is 0. The molecule has 0 amide bonds. The van der Waals surface area contributed by atoms with Crippen LogP contribution in [0.5, 0.6) is 0 Å². The molecule has 0 bridgehead atoms. The molecular formula is C22H14O2S. The van der Waals surface area contributed by atoms with E-state index in [2.05, 4.69) is 0 Å². The van der Waals surface area contributed by atoms with Gasteiger partial charge in [-0.25, -0.2) is 0 Å². The minimum atomic E-state index is -0.108. The molecule has 0 saturated carbocycles. The number of carbonyl (C=O) groups excluding carboxylic acids is 1. The van der Waals surface area contributed by atoms with Gasteiger partial charge < -0.3 is 0 Å². The van der Waals surface area contributed by atoms with E-state index in [0.717, 1.165) is 15.0 Å². The molecule has 0 radical (unpaired) electrons. The molecule has 0 saturated heterocycles. The maximum atomic E-state index is 12.7. The SMILES string of the molecule is O=C(/C=C/c1ccccc1)c1ccc2sc3ccccc3c(=O)c2c1. The molecule has 0 aliphatic carbocycles. The molecule has 0 N–H and O–H groups in total. The van der Waals surface area contributed by atoms with Crippen LogP contribution < -0.4 is 5.43 Å². The van der Waals surface area contributed by atoms with Gasteiger partial charge in [-0.1, -0.05) is 48.5 Å². The summed E-state index contributed by atoms with van der Waals surface area (Å²) in [5, 5.41) is 1.30. The lowest BCUT2D eigenvalue weighted by molar-refractivity contribution is 0.104. The van der Waals surface area contributed by atoms with E-state index in [1.165, 1.54) is 0 Å². The van der Waals surface area contributed by atoms with Gasteiger partial charge in [0, 0.05) is 25.7 Å². The first kappa shape index (κ1) is 15.5.